The fraction of sp³-hybridized carbons (Fsp3) is 0.409. The van der Waals surface area contributed by atoms with Crippen LogP contribution in [0.4, 0.5) is 0 Å². The van der Waals surface area contributed by atoms with Crippen LogP contribution in [0.25, 0.3) is 10.8 Å². The molecule has 0 radical (unpaired) electrons. The van der Waals surface area contributed by atoms with Crippen molar-refractivity contribution in [2.75, 3.05) is 21.3 Å². The average Bonchev–Trinajstić information content (AvgIpc) is 3.19. The van der Waals surface area contributed by atoms with E-state index in [0.717, 1.165) is 10.8 Å². The second-order valence-corrected chi connectivity index (χ2v) is 6.97. The van der Waals surface area contributed by atoms with Gasteiger partial charge >= 0.3 is 17.9 Å². The quantitative estimate of drug-likeness (QED) is 0.501. The minimum Gasteiger partial charge on any atom is -0.497 e. The maximum atomic E-state index is 12.3. The van der Waals surface area contributed by atoms with Gasteiger partial charge in [-0.05, 0) is 35.9 Å². The molecule has 0 spiro atoms. The summed E-state index contributed by atoms with van der Waals surface area (Å²) in [6, 6.07) is 10.8. The maximum absolute atomic E-state index is 12.3. The molecule has 2 aromatic rings. The first-order chi connectivity index (χ1) is 14.7. The minimum absolute atomic E-state index is 0.444. The summed E-state index contributed by atoms with van der Waals surface area (Å²) in [6.07, 6.45) is -3.84. The van der Waals surface area contributed by atoms with Crippen molar-refractivity contribution in [3.63, 3.8) is 0 Å². The highest BCUT2D eigenvalue weighted by molar-refractivity contribution is 5.87. The zero-order chi connectivity index (χ0) is 22.8. The smallest absolute Gasteiger partial charge is 0.338 e. The van der Waals surface area contributed by atoms with E-state index in [1.54, 1.807) is 38.3 Å². The van der Waals surface area contributed by atoms with Gasteiger partial charge in [0.25, 0.3) is 0 Å². The molecule has 3 atom stereocenters. The van der Waals surface area contributed by atoms with E-state index in [9.17, 15) is 14.4 Å². The van der Waals surface area contributed by atoms with E-state index < -0.39 is 42.0 Å². The fourth-order valence-electron chi connectivity index (χ4n) is 3.56. The number of benzene rings is 2. The molecule has 3 rings (SSSR count). The van der Waals surface area contributed by atoms with E-state index in [1.165, 1.54) is 21.1 Å². The van der Waals surface area contributed by atoms with E-state index in [-0.39, 0.29) is 0 Å². The van der Waals surface area contributed by atoms with Crippen molar-refractivity contribution in [2.24, 2.45) is 0 Å². The molecule has 0 N–H and O–H groups in total. The Labute approximate surface area is 179 Å². The van der Waals surface area contributed by atoms with Crippen molar-refractivity contribution in [2.45, 2.75) is 37.9 Å². The van der Waals surface area contributed by atoms with Crippen LogP contribution in [0.3, 0.4) is 0 Å². The molecule has 0 amide bonds. The van der Waals surface area contributed by atoms with Gasteiger partial charge in [0.15, 0.2) is 18.3 Å². The molecule has 31 heavy (non-hydrogen) atoms. The molecular weight excluding hydrogens is 408 g/mol. The van der Waals surface area contributed by atoms with Crippen LogP contribution in [-0.4, -0.2) is 57.5 Å². The maximum Gasteiger partial charge on any atom is 0.338 e. The van der Waals surface area contributed by atoms with Crippen LogP contribution in [0.2, 0.25) is 0 Å². The number of esters is 3. The molecule has 1 aliphatic heterocycles. The molecule has 0 aromatic heterocycles. The summed E-state index contributed by atoms with van der Waals surface area (Å²) < 4.78 is 32.1. The molecule has 0 bridgehead atoms. The second kappa shape index (κ2) is 8.91. The zero-order valence-electron chi connectivity index (χ0n) is 17.9. The first kappa shape index (κ1) is 22.5. The lowest BCUT2D eigenvalue weighted by molar-refractivity contribution is -0.248. The van der Waals surface area contributed by atoms with Crippen LogP contribution >= 0.6 is 0 Å². The Bertz CT molecular complexity index is 976. The Morgan fingerprint density at radius 2 is 1.45 bits per heavy atom. The predicted molar refractivity (Wildman–Crippen MR) is 107 cm³/mol. The Morgan fingerprint density at radius 1 is 0.903 bits per heavy atom. The van der Waals surface area contributed by atoms with Crippen LogP contribution in [0.1, 0.15) is 19.4 Å². The number of hydrogen-bond donors (Lipinski definition) is 0. The van der Waals surface area contributed by atoms with Crippen LogP contribution in [0.5, 0.6) is 5.75 Å². The van der Waals surface area contributed by atoms with Gasteiger partial charge in [0.05, 0.1) is 21.3 Å². The van der Waals surface area contributed by atoms with Crippen LogP contribution in [0, 0.1) is 0 Å². The summed E-state index contributed by atoms with van der Waals surface area (Å²) in [5.41, 5.74) is 0.444. The fourth-order valence-corrected chi connectivity index (χ4v) is 3.56. The highest BCUT2D eigenvalue weighted by Gasteiger charge is 2.59. The number of carbonyl (C=O) groups excluding carboxylic acids is 3. The summed E-state index contributed by atoms with van der Waals surface area (Å²) >= 11 is 0. The van der Waals surface area contributed by atoms with Gasteiger partial charge in [-0.1, -0.05) is 18.2 Å². The molecule has 1 unspecified atom stereocenters. The van der Waals surface area contributed by atoms with Crippen LogP contribution in [-0.2, 0) is 43.9 Å². The molecule has 1 fully saturated rings. The molecule has 9 nitrogen and oxygen atoms in total. The van der Waals surface area contributed by atoms with Crippen molar-refractivity contribution in [3.05, 3.63) is 42.0 Å². The largest absolute Gasteiger partial charge is 0.497 e. The lowest BCUT2D eigenvalue weighted by Gasteiger charge is -2.33. The molecule has 9 heteroatoms. The SMILES string of the molecule is COC(=O)[C@@H]1OC(c2ccc3cc(OC)ccc3c2)(C(C)OC(C)=O)O[C@H]1C(=O)OC. The van der Waals surface area contributed by atoms with E-state index >= 15 is 0 Å². The van der Waals surface area contributed by atoms with Gasteiger partial charge in [0.2, 0.25) is 5.79 Å². The Kier molecular flexibility index (Phi) is 6.47. The number of rotatable bonds is 6. The Hall–Kier alpha value is -3.17. The van der Waals surface area contributed by atoms with E-state index in [0.29, 0.717) is 11.3 Å². The van der Waals surface area contributed by atoms with Crippen molar-refractivity contribution < 1.29 is 42.8 Å². The molecule has 1 heterocycles. The number of ether oxygens (including phenoxy) is 6. The molecule has 1 saturated heterocycles. The number of carbonyl (C=O) groups is 3. The highest BCUT2D eigenvalue weighted by atomic mass is 16.8. The lowest BCUT2D eigenvalue weighted by atomic mass is 9.97. The second-order valence-electron chi connectivity index (χ2n) is 6.97. The van der Waals surface area contributed by atoms with Gasteiger partial charge in [-0.25, -0.2) is 9.59 Å². The lowest BCUT2D eigenvalue weighted by Crippen LogP contribution is -2.43. The Balaban J connectivity index is 2.14. The van der Waals surface area contributed by atoms with Crippen molar-refractivity contribution in [1.82, 2.24) is 0 Å². The third kappa shape index (κ3) is 4.19. The summed E-state index contributed by atoms with van der Waals surface area (Å²) in [4.78, 5) is 36.4. The van der Waals surface area contributed by atoms with Crippen molar-refractivity contribution in [1.29, 1.82) is 0 Å². The van der Waals surface area contributed by atoms with E-state index in [1.807, 2.05) is 12.1 Å². The summed E-state index contributed by atoms with van der Waals surface area (Å²) in [6.45, 7) is 2.79. The molecule has 2 aromatic carbocycles. The summed E-state index contributed by atoms with van der Waals surface area (Å²) in [5, 5.41) is 1.70. The highest BCUT2D eigenvalue weighted by Crippen LogP contribution is 2.43. The van der Waals surface area contributed by atoms with Gasteiger partial charge in [0.1, 0.15) is 5.75 Å². The monoisotopic (exact) mass is 432 g/mol. The van der Waals surface area contributed by atoms with Gasteiger partial charge in [0, 0.05) is 12.5 Å². The minimum atomic E-state index is -1.75. The number of methoxy groups -OCH3 is 3. The van der Waals surface area contributed by atoms with Gasteiger partial charge in [-0.15, -0.1) is 0 Å². The Morgan fingerprint density at radius 3 is 1.97 bits per heavy atom. The summed E-state index contributed by atoms with van der Waals surface area (Å²) in [7, 11) is 3.91. The molecular formula is C22H24O9. The predicted octanol–water partition coefficient (Wildman–Crippen LogP) is 2.08. The summed E-state index contributed by atoms with van der Waals surface area (Å²) in [5.74, 6) is -3.29. The van der Waals surface area contributed by atoms with E-state index in [2.05, 4.69) is 0 Å². The molecule has 0 aliphatic carbocycles. The first-order valence-corrected chi connectivity index (χ1v) is 9.52. The number of hydrogen-bond acceptors (Lipinski definition) is 9. The topological polar surface area (TPSA) is 107 Å². The third-order valence-corrected chi connectivity index (χ3v) is 5.07. The van der Waals surface area contributed by atoms with Crippen LogP contribution in [0.15, 0.2) is 36.4 Å². The van der Waals surface area contributed by atoms with Gasteiger partial charge in [-0.3, -0.25) is 4.79 Å². The average molecular weight is 432 g/mol. The first-order valence-electron chi connectivity index (χ1n) is 9.52. The van der Waals surface area contributed by atoms with Crippen molar-refractivity contribution >= 4 is 28.7 Å². The molecule has 1 aliphatic rings. The molecule has 166 valence electrons. The zero-order valence-corrected chi connectivity index (χ0v) is 17.9. The molecule has 0 saturated carbocycles. The van der Waals surface area contributed by atoms with Crippen molar-refractivity contribution in [3.8, 4) is 5.75 Å². The van der Waals surface area contributed by atoms with E-state index in [4.69, 9.17) is 28.4 Å². The van der Waals surface area contributed by atoms with Gasteiger partial charge < -0.3 is 28.4 Å². The number of fused-ring (bicyclic) bond motifs is 1. The standard InChI is InChI=1S/C22H24O9/c1-12(29-13(2)23)22(30-18(20(24)27-4)19(31-22)21(25)28-5)16-8-6-15-11-17(26-3)9-7-14(15)10-16/h6-12,18-19H,1-5H3/t12?,18-,19-/m1/s1. The normalized spacial score (nSPS) is 20.7. The van der Waals surface area contributed by atoms with Gasteiger partial charge in [-0.2, -0.15) is 0 Å². The third-order valence-electron chi connectivity index (χ3n) is 5.07. The van der Waals surface area contributed by atoms with Crippen LogP contribution < -0.4 is 4.74 Å².